The number of nitrogens with zero attached hydrogens (tertiary/aromatic N) is 3. The van der Waals surface area contributed by atoms with Gasteiger partial charge in [-0.25, -0.2) is 19.3 Å². The zero-order valence-corrected chi connectivity index (χ0v) is 23.3. The highest BCUT2D eigenvalue weighted by Crippen LogP contribution is 2.30. The smallest absolute Gasteiger partial charge is 0.458 e. The highest BCUT2D eigenvalue weighted by molar-refractivity contribution is 6.41. The van der Waals surface area contributed by atoms with E-state index in [1.165, 1.54) is 18.5 Å². The van der Waals surface area contributed by atoms with Gasteiger partial charge in [-0.15, -0.1) is 0 Å². The molecule has 8 nitrogen and oxygen atoms in total. The number of nitrogens with one attached hydrogen (secondary N) is 1. The molecule has 0 aliphatic rings. The molecule has 0 amide bonds. The van der Waals surface area contributed by atoms with E-state index < -0.39 is 23.9 Å². The van der Waals surface area contributed by atoms with Crippen LogP contribution in [0, 0.1) is 17.7 Å². The fourth-order valence-corrected chi connectivity index (χ4v) is 3.43. The van der Waals surface area contributed by atoms with Gasteiger partial charge in [0.05, 0.1) is 16.3 Å². The zero-order chi connectivity index (χ0) is 33.2. The molecule has 3 N–H and O–H groups in total. The van der Waals surface area contributed by atoms with Gasteiger partial charge in [0.15, 0.2) is 0 Å². The highest BCUT2D eigenvalue weighted by Gasteiger charge is 2.54. The van der Waals surface area contributed by atoms with Gasteiger partial charge in [0.25, 0.3) is 0 Å². The van der Waals surface area contributed by atoms with Crippen LogP contribution in [-0.4, -0.2) is 38.9 Å². The number of carbonyl (C=O) groups excluding carboxylic acids is 2. The van der Waals surface area contributed by atoms with Gasteiger partial charge in [-0.2, -0.15) is 26.3 Å². The summed E-state index contributed by atoms with van der Waals surface area (Å²) < 4.78 is 86.0. The molecule has 2 aromatic heterocycles. The summed E-state index contributed by atoms with van der Waals surface area (Å²) in [6.45, 7) is 0.550. The summed E-state index contributed by atoms with van der Waals surface area (Å²) in [5, 5.41) is 3.60. The monoisotopic (exact) mass is 653 g/mol. The van der Waals surface area contributed by atoms with E-state index in [0.717, 1.165) is 5.69 Å². The van der Waals surface area contributed by atoms with E-state index in [1.807, 2.05) is 18.2 Å². The summed E-state index contributed by atoms with van der Waals surface area (Å²) in [7, 11) is 0. The number of carbonyl (C=O) groups is 2. The second kappa shape index (κ2) is 15.1. The van der Waals surface area contributed by atoms with Crippen molar-refractivity contribution in [2.45, 2.75) is 25.5 Å². The molecule has 2 aromatic carbocycles. The first kappa shape index (κ1) is 34.4. The number of aromatic nitrogens is 3. The Hall–Kier alpha value is -5.07. The van der Waals surface area contributed by atoms with E-state index in [9.17, 15) is 40.3 Å². The maximum Gasteiger partial charge on any atom is 0.458 e. The second-order valence-electron chi connectivity index (χ2n) is 8.60. The van der Waals surface area contributed by atoms with Gasteiger partial charge >= 0.3 is 23.9 Å². The van der Waals surface area contributed by atoms with E-state index >= 15 is 0 Å². The Kier molecular flexibility index (Phi) is 11.5. The maximum atomic E-state index is 13.3. The zero-order valence-electron chi connectivity index (χ0n) is 22.5. The Morgan fingerprint density at radius 2 is 1.62 bits per heavy atom. The van der Waals surface area contributed by atoms with Crippen LogP contribution in [0.2, 0.25) is 5.02 Å². The molecule has 0 spiro atoms. The number of Topliss-reactive ketones (excluding diaryl/α,β-unsaturated/α-hetero) is 2. The number of nitrogens with two attached hydrogens (primary N) is 1. The van der Waals surface area contributed by atoms with Crippen LogP contribution < -0.4 is 15.8 Å². The molecule has 0 saturated carbocycles. The van der Waals surface area contributed by atoms with Gasteiger partial charge < -0.3 is 15.8 Å². The molecule has 16 heteroatoms. The third-order valence-electron chi connectivity index (χ3n) is 5.25. The van der Waals surface area contributed by atoms with Crippen LogP contribution >= 0.6 is 11.6 Å². The van der Waals surface area contributed by atoms with E-state index in [0.29, 0.717) is 45.6 Å². The molecular formula is C29H19ClF7N5O3. The lowest BCUT2D eigenvalue weighted by atomic mass is 10.2. The minimum Gasteiger partial charge on any atom is -0.487 e. The number of pyridine rings is 1. The van der Waals surface area contributed by atoms with E-state index in [4.69, 9.17) is 22.1 Å². The number of hydrogen-bond acceptors (Lipinski definition) is 8. The van der Waals surface area contributed by atoms with Crippen molar-refractivity contribution in [2.75, 3.05) is 5.32 Å². The number of alkyl halides is 6. The molecule has 0 atom stereocenters. The van der Waals surface area contributed by atoms with Gasteiger partial charge in [-0.05, 0) is 53.9 Å². The molecule has 0 saturated heterocycles. The van der Waals surface area contributed by atoms with Gasteiger partial charge in [-0.3, -0.25) is 9.59 Å². The van der Waals surface area contributed by atoms with Crippen molar-refractivity contribution < 1.29 is 45.1 Å². The Bertz CT molecular complexity index is 1710. The van der Waals surface area contributed by atoms with Crippen LogP contribution in [0.4, 0.5) is 42.2 Å². The van der Waals surface area contributed by atoms with Gasteiger partial charge in [0.1, 0.15) is 36.0 Å². The van der Waals surface area contributed by atoms with Crippen LogP contribution in [-0.2, 0) is 22.7 Å². The quantitative estimate of drug-likeness (QED) is 0.140. The van der Waals surface area contributed by atoms with Crippen LogP contribution in [0.15, 0.2) is 73.2 Å². The summed E-state index contributed by atoms with van der Waals surface area (Å²) in [5.74, 6) is -0.0652. The summed E-state index contributed by atoms with van der Waals surface area (Å²) >= 11 is 6.38. The summed E-state index contributed by atoms with van der Waals surface area (Å²) in [6, 6.07) is 17.0. The average molecular weight is 654 g/mol. The fourth-order valence-electron chi connectivity index (χ4n) is 3.19. The molecular weight excluding hydrogens is 635 g/mol. The molecule has 2 heterocycles. The molecule has 4 rings (SSSR count). The Morgan fingerprint density at radius 1 is 0.933 bits per heavy atom. The number of halogens is 8. The van der Waals surface area contributed by atoms with Crippen molar-refractivity contribution in [1.82, 2.24) is 15.0 Å². The van der Waals surface area contributed by atoms with E-state index in [2.05, 4.69) is 32.1 Å². The lowest BCUT2D eigenvalue weighted by Crippen LogP contribution is -2.39. The molecule has 0 unspecified atom stereocenters. The SMILES string of the molecule is NCc1cccc(C#Cc2cncnc2Nc2ccc(OCc3cccc(F)c3)c(Cl)c2)n1.O=C(C(=O)C(F)(F)F)C(F)(F)F. The van der Waals surface area contributed by atoms with Crippen LogP contribution in [0.3, 0.4) is 0 Å². The normalized spacial score (nSPS) is 11.0. The molecule has 0 fully saturated rings. The average Bonchev–Trinajstić information content (AvgIpc) is 2.99. The molecule has 0 aliphatic heterocycles. The summed E-state index contributed by atoms with van der Waals surface area (Å²) in [5.41, 5.74) is 9.01. The fraction of sp³-hybridized carbons (Fsp3) is 0.138. The topological polar surface area (TPSA) is 120 Å². The highest BCUT2D eigenvalue weighted by atomic mass is 35.5. The number of ether oxygens (including phenoxy) is 1. The number of rotatable bonds is 7. The largest absolute Gasteiger partial charge is 0.487 e. The van der Waals surface area contributed by atoms with Crippen molar-refractivity contribution in [3.05, 3.63) is 107 Å². The lowest BCUT2D eigenvalue weighted by molar-refractivity contribution is -0.193. The first-order valence-electron chi connectivity index (χ1n) is 12.3. The molecule has 0 aliphatic carbocycles. The molecule has 45 heavy (non-hydrogen) atoms. The van der Waals surface area contributed by atoms with Crippen LogP contribution in [0.5, 0.6) is 5.75 Å². The first-order chi connectivity index (χ1) is 21.2. The number of anilines is 2. The Balaban J connectivity index is 0.000000392. The predicted octanol–water partition coefficient (Wildman–Crippen LogP) is 6.09. The lowest BCUT2D eigenvalue weighted by Gasteiger charge is -2.11. The van der Waals surface area contributed by atoms with Crippen molar-refractivity contribution in [3.63, 3.8) is 0 Å². The first-order valence-corrected chi connectivity index (χ1v) is 12.7. The van der Waals surface area contributed by atoms with Crippen molar-refractivity contribution in [3.8, 4) is 17.6 Å². The van der Waals surface area contributed by atoms with E-state index in [-0.39, 0.29) is 12.4 Å². The molecule has 0 radical (unpaired) electrons. The number of ketones is 2. The van der Waals surface area contributed by atoms with Gasteiger partial charge in [0, 0.05) is 18.4 Å². The van der Waals surface area contributed by atoms with Gasteiger partial charge in [-0.1, -0.05) is 35.7 Å². The minimum atomic E-state index is -5.77. The van der Waals surface area contributed by atoms with Crippen LogP contribution in [0.25, 0.3) is 0 Å². The number of hydrogen-bond donors (Lipinski definition) is 2. The maximum absolute atomic E-state index is 13.3. The molecule has 0 bridgehead atoms. The Morgan fingerprint density at radius 3 is 2.24 bits per heavy atom. The predicted molar refractivity (Wildman–Crippen MR) is 148 cm³/mol. The second-order valence-corrected chi connectivity index (χ2v) is 9.00. The van der Waals surface area contributed by atoms with Crippen molar-refractivity contribution in [2.24, 2.45) is 5.73 Å². The third kappa shape index (κ3) is 10.6. The number of benzene rings is 2. The third-order valence-corrected chi connectivity index (χ3v) is 5.55. The Labute approximate surface area is 255 Å². The summed E-state index contributed by atoms with van der Waals surface area (Å²) in [6.07, 6.45) is -8.49. The van der Waals surface area contributed by atoms with Crippen molar-refractivity contribution >= 4 is 34.7 Å². The molecule has 4 aromatic rings. The standard InChI is InChI=1S/C25H19ClFN5O.C4F6O2/c26-23-12-21(9-10-24(23)33-15-17-3-1-4-19(27)11-17)32-25-18(14-29-16-30-25)7-8-20-5-2-6-22(13-28)31-20;5-3(6,7)1(11)2(12)4(8,9)10/h1-6,9-12,14,16H,13,15,28H2,(H,29,30,32);. The van der Waals surface area contributed by atoms with Gasteiger partial charge in [0.2, 0.25) is 0 Å². The summed E-state index contributed by atoms with van der Waals surface area (Å²) in [4.78, 5) is 31.9. The van der Waals surface area contributed by atoms with Crippen molar-refractivity contribution in [1.29, 1.82) is 0 Å². The minimum absolute atomic E-state index is 0.204. The van der Waals surface area contributed by atoms with Crippen LogP contribution in [0.1, 0.15) is 22.5 Å². The van der Waals surface area contributed by atoms with E-state index in [1.54, 1.807) is 36.5 Å². The molecule has 234 valence electrons.